The Morgan fingerprint density at radius 3 is 2.30 bits per heavy atom. The predicted molar refractivity (Wildman–Crippen MR) is 85.4 cm³/mol. The molecule has 2 rings (SSSR count). The highest BCUT2D eigenvalue weighted by molar-refractivity contribution is 6.45. The average molecular weight is 326 g/mol. The van der Waals surface area contributed by atoms with Crippen LogP contribution in [0.3, 0.4) is 0 Å². The summed E-state index contributed by atoms with van der Waals surface area (Å²) < 4.78 is 5.28. The van der Waals surface area contributed by atoms with E-state index in [1.165, 1.54) is 0 Å². The molecule has 0 radical (unpaired) electrons. The van der Waals surface area contributed by atoms with E-state index in [0.717, 1.165) is 32.2 Å². The fraction of sp³-hybridized carbons (Fsp3) is 0.867. The highest BCUT2D eigenvalue weighted by Crippen LogP contribution is 2.30. The second kappa shape index (κ2) is 8.66. The molecule has 1 aliphatic heterocycles. The first-order valence-electron chi connectivity index (χ1n) is 8.52. The van der Waals surface area contributed by atoms with Crippen molar-refractivity contribution in [3.63, 3.8) is 0 Å². The summed E-state index contributed by atoms with van der Waals surface area (Å²) in [4.78, 5) is 22.8. The van der Waals surface area contributed by atoms with Crippen LogP contribution in [0.1, 0.15) is 51.4 Å². The number of nitrogens with two attached hydrogens (primary N) is 1. The highest BCUT2D eigenvalue weighted by Gasteiger charge is 2.37. The van der Waals surface area contributed by atoms with Gasteiger partial charge in [-0.1, -0.05) is 0 Å². The number of amides is 1. The number of carbonyl (C=O) groups excluding carboxylic acids is 1. The van der Waals surface area contributed by atoms with Crippen LogP contribution in [0.2, 0.25) is 0 Å². The van der Waals surface area contributed by atoms with Crippen molar-refractivity contribution in [1.29, 1.82) is 0 Å². The van der Waals surface area contributed by atoms with Crippen molar-refractivity contribution in [2.45, 2.75) is 63.4 Å². The summed E-state index contributed by atoms with van der Waals surface area (Å²) in [5.41, 5.74) is 5.67. The Balaban J connectivity index is 1.70. The van der Waals surface area contributed by atoms with Gasteiger partial charge in [0.25, 0.3) is 0 Å². The molecular formula is C15H27BN2O5. The van der Waals surface area contributed by atoms with Gasteiger partial charge in [-0.05, 0) is 56.9 Å². The Morgan fingerprint density at radius 2 is 1.74 bits per heavy atom. The molecule has 1 aliphatic carbocycles. The quantitative estimate of drug-likeness (QED) is 0.521. The molecule has 0 unspecified atom stereocenters. The topological polar surface area (TPSA) is 122 Å². The molecule has 23 heavy (non-hydrogen) atoms. The van der Waals surface area contributed by atoms with E-state index in [2.05, 4.69) is 5.32 Å². The van der Waals surface area contributed by atoms with E-state index in [0.29, 0.717) is 31.1 Å². The molecule has 0 aromatic carbocycles. The van der Waals surface area contributed by atoms with Gasteiger partial charge in [-0.15, -0.1) is 0 Å². The number of nitrogens with one attached hydrogen (secondary N) is 1. The molecule has 1 saturated heterocycles. The molecule has 0 bridgehead atoms. The van der Waals surface area contributed by atoms with E-state index in [-0.39, 0.29) is 12.3 Å². The fourth-order valence-electron chi connectivity index (χ4n) is 3.56. The van der Waals surface area contributed by atoms with Crippen LogP contribution in [-0.4, -0.2) is 47.7 Å². The maximum Gasteiger partial charge on any atom is 0.478 e. The van der Waals surface area contributed by atoms with E-state index in [4.69, 9.17) is 15.5 Å². The summed E-state index contributed by atoms with van der Waals surface area (Å²) in [5, 5.41) is 21.5. The maximum absolute atomic E-state index is 12.1. The zero-order valence-electron chi connectivity index (χ0n) is 13.4. The summed E-state index contributed by atoms with van der Waals surface area (Å²) in [7, 11) is -1.13. The molecule has 0 aromatic rings. The van der Waals surface area contributed by atoms with Crippen molar-refractivity contribution >= 4 is 19.0 Å². The molecule has 0 spiro atoms. The van der Waals surface area contributed by atoms with Gasteiger partial charge in [-0.2, -0.15) is 0 Å². The van der Waals surface area contributed by atoms with Crippen molar-refractivity contribution in [2.24, 2.45) is 17.6 Å². The van der Waals surface area contributed by atoms with Gasteiger partial charge in [0, 0.05) is 6.42 Å². The first-order chi connectivity index (χ1) is 11.0. The van der Waals surface area contributed by atoms with Crippen LogP contribution in [-0.2, 0) is 14.2 Å². The molecule has 1 saturated carbocycles. The van der Waals surface area contributed by atoms with Crippen molar-refractivity contribution in [3.05, 3.63) is 0 Å². The average Bonchev–Trinajstić information content (AvgIpc) is 2.50. The van der Waals surface area contributed by atoms with Crippen LogP contribution in [0.5, 0.6) is 0 Å². The van der Waals surface area contributed by atoms with Gasteiger partial charge in [-0.25, -0.2) is 0 Å². The first kappa shape index (κ1) is 18.2. The lowest BCUT2D eigenvalue weighted by molar-refractivity contribution is -0.139. The minimum Gasteiger partial charge on any atom is -0.481 e. The van der Waals surface area contributed by atoms with Crippen LogP contribution in [0.25, 0.3) is 0 Å². The normalized spacial score (nSPS) is 31.7. The van der Waals surface area contributed by atoms with E-state index in [1.54, 1.807) is 0 Å². The second-order valence-corrected chi connectivity index (χ2v) is 6.82. The Hall–Kier alpha value is -1.12. The standard InChI is InChI=1S/C15H27BN2O5/c17-9-11-3-1-10(2-4-11)7-14(19)18-13-6-5-12(8-15(20)21)23-16(13)22/h10-13,22H,1-9,17H2,(H,18,19)(H,20,21)/t10?,11?,12-,13-/m0/s1. The number of hydrogen-bond donors (Lipinski definition) is 4. The van der Waals surface area contributed by atoms with E-state index in [9.17, 15) is 14.6 Å². The molecule has 1 heterocycles. The molecule has 1 amide bonds. The summed E-state index contributed by atoms with van der Waals surface area (Å²) in [5.74, 6) is -0.482. The number of aliphatic carboxylic acids is 1. The SMILES string of the molecule is NCC1CCC(CC(=O)N[C@H]2CC[C@@H](CC(=O)O)OB2O)CC1. The van der Waals surface area contributed by atoms with E-state index in [1.807, 2.05) is 0 Å². The molecule has 130 valence electrons. The van der Waals surface area contributed by atoms with Crippen molar-refractivity contribution < 1.29 is 24.4 Å². The number of carboxylic acid groups (broad SMARTS) is 1. The van der Waals surface area contributed by atoms with Crippen molar-refractivity contribution in [3.8, 4) is 0 Å². The lowest BCUT2D eigenvalue weighted by Crippen LogP contribution is -2.53. The largest absolute Gasteiger partial charge is 0.481 e. The Bertz CT molecular complexity index is 415. The smallest absolute Gasteiger partial charge is 0.478 e. The second-order valence-electron chi connectivity index (χ2n) is 6.82. The lowest BCUT2D eigenvalue weighted by atomic mass is 9.72. The van der Waals surface area contributed by atoms with Crippen molar-refractivity contribution in [2.75, 3.05) is 6.54 Å². The molecule has 8 heteroatoms. The van der Waals surface area contributed by atoms with Crippen LogP contribution < -0.4 is 11.1 Å². The third-order valence-corrected chi connectivity index (χ3v) is 5.00. The summed E-state index contributed by atoms with van der Waals surface area (Å²) in [6.45, 7) is 0.724. The minimum absolute atomic E-state index is 0.0643. The molecule has 2 fully saturated rings. The van der Waals surface area contributed by atoms with Gasteiger partial charge in [0.2, 0.25) is 5.91 Å². The van der Waals surface area contributed by atoms with Crippen LogP contribution in [0, 0.1) is 11.8 Å². The summed E-state index contributed by atoms with van der Waals surface area (Å²) in [6.07, 6.45) is 5.14. The number of carboxylic acids is 1. The maximum atomic E-state index is 12.1. The zero-order valence-corrected chi connectivity index (χ0v) is 13.4. The summed E-state index contributed by atoms with van der Waals surface area (Å²) in [6, 6.07) is 0. The summed E-state index contributed by atoms with van der Waals surface area (Å²) >= 11 is 0. The highest BCUT2D eigenvalue weighted by atomic mass is 16.5. The van der Waals surface area contributed by atoms with Crippen LogP contribution in [0.4, 0.5) is 0 Å². The third-order valence-electron chi connectivity index (χ3n) is 5.00. The number of carbonyl (C=O) groups is 2. The van der Waals surface area contributed by atoms with Gasteiger partial charge in [-0.3, -0.25) is 9.59 Å². The fourth-order valence-corrected chi connectivity index (χ4v) is 3.56. The van der Waals surface area contributed by atoms with Gasteiger partial charge in [0.05, 0.1) is 18.5 Å². The third kappa shape index (κ3) is 5.78. The van der Waals surface area contributed by atoms with E-state index >= 15 is 0 Å². The van der Waals surface area contributed by atoms with Gasteiger partial charge < -0.3 is 25.8 Å². The van der Waals surface area contributed by atoms with Gasteiger partial charge in [0.15, 0.2) is 0 Å². The van der Waals surface area contributed by atoms with E-state index < -0.39 is 25.1 Å². The molecule has 5 N–H and O–H groups in total. The molecule has 2 atom stereocenters. The lowest BCUT2D eigenvalue weighted by Gasteiger charge is -2.32. The molecule has 2 aliphatic rings. The minimum atomic E-state index is -1.13. The number of rotatable bonds is 6. The predicted octanol–water partition coefficient (Wildman–Crippen LogP) is 0.300. The molecular weight excluding hydrogens is 299 g/mol. The van der Waals surface area contributed by atoms with Gasteiger partial charge in [0.1, 0.15) is 0 Å². The van der Waals surface area contributed by atoms with Crippen molar-refractivity contribution in [1.82, 2.24) is 5.32 Å². The Morgan fingerprint density at radius 1 is 1.09 bits per heavy atom. The first-order valence-corrected chi connectivity index (χ1v) is 8.52. The van der Waals surface area contributed by atoms with Gasteiger partial charge >= 0.3 is 13.1 Å². The van der Waals surface area contributed by atoms with Crippen LogP contribution in [0.15, 0.2) is 0 Å². The Kier molecular flexibility index (Phi) is 6.86. The zero-order chi connectivity index (χ0) is 16.8. The Labute approximate surface area is 137 Å². The number of hydrogen-bond acceptors (Lipinski definition) is 5. The van der Waals surface area contributed by atoms with Crippen LogP contribution >= 0.6 is 0 Å². The monoisotopic (exact) mass is 326 g/mol. The molecule has 0 aromatic heterocycles. The molecule has 7 nitrogen and oxygen atoms in total.